The molecule has 4 N–H and O–H groups in total. The quantitative estimate of drug-likeness (QED) is 0.205. The lowest BCUT2D eigenvalue weighted by molar-refractivity contribution is -0.136. The molecule has 0 aliphatic carbocycles. The molecule has 3 aromatic carbocycles. The summed E-state index contributed by atoms with van der Waals surface area (Å²) in [6.45, 7) is 5.81. The first-order valence-corrected chi connectivity index (χ1v) is 13.0. The number of amides is 3. The predicted octanol–water partition coefficient (Wildman–Crippen LogP) is 4.82. The smallest absolute Gasteiger partial charge is 0.244 e. The highest BCUT2D eigenvalue weighted by Crippen LogP contribution is 2.21. The number of hydrogen-bond donors (Lipinski definition) is 4. The monoisotopic (exact) mass is 515 g/mol. The maximum atomic E-state index is 13.4. The van der Waals surface area contributed by atoms with E-state index in [0.29, 0.717) is 6.42 Å². The van der Waals surface area contributed by atoms with Gasteiger partial charge in [-0.05, 0) is 41.5 Å². The summed E-state index contributed by atoms with van der Waals surface area (Å²) in [5, 5.41) is 14.9. The van der Waals surface area contributed by atoms with Crippen LogP contribution in [0.3, 0.4) is 0 Å². The summed E-state index contributed by atoms with van der Waals surface area (Å²) >= 11 is 0. The molecule has 200 valence electrons. The van der Waals surface area contributed by atoms with Gasteiger partial charge in [-0.1, -0.05) is 98.8 Å². The fraction of sp³-hybridized carbons (Fsp3) is 0.323. The Morgan fingerprint density at radius 2 is 1.32 bits per heavy atom. The second kappa shape index (κ2) is 14.1. The number of hydroxylamine groups is 1. The van der Waals surface area contributed by atoms with Gasteiger partial charge in [0, 0.05) is 18.8 Å². The van der Waals surface area contributed by atoms with Gasteiger partial charge < -0.3 is 10.6 Å². The van der Waals surface area contributed by atoms with E-state index >= 15 is 0 Å². The first-order valence-electron chi connectivity index (χ1n) is 13.0. The fourth-order valence-corrected chi connectivity index (χ4v) is 4.46. The highest BCUT2D eigenvalue weighted by molar-refractivity contribution is 5.91. The van der Waals surface area contributed by atoms with Gasteiger partial charge in [0.1, 0.15) is 6.04 Å². The van der Waals surface area contributed by atoms with Gasteiger partial charge in [0.15, 0.2) is 0 Å². The van der Waals surface area contributed by atoms with E-state index in [1.807, 2.05) is 106 Å². The molecular formula is C31H37N3O4. The molecule has 0 spiro atoms. The van der Waals surface area contributed by atoms with Gasteiger partial charge in [0.05, 0.1) is 6.04 Å². The molecule has 0 heterocycles. The molecule has 3 rings (SSSR count). The van der Waals surface area contributed by atoms with Gasteiger partial charge in [-0.15, -0.1) is 0 Å². The van der Waals surface area contributed by atoms with Crippen molar-refractivity contribution in [3.63, 3.8) is 0 Å². The third-order valence-electron chi connectivity index (χ3n) is 6.48. The second-order valence-corrected chi connectivity index (χ2v) is 10.0. The molecule has 7 heteroatoms. The van der Waals surface area contributed by atoms with E-state index < -0.39 is 23.8 Å². The van der Waals surface area contributed by atoms with Gasteiger partial charge in [0.25, 0.3) is 0 Å². The SMILES string of the molecule is CC(C)C[C@H](CC(=O)NO)C(=O)N[C@H](Cc1ccc(-c2ccccc2)cc1)C(=O)N[C@@H](C)c1ccccc1. The summed E-state index contributed by atoms with van der Waals surface area (Å²) in [4.78, 5) is 38.6. The first kappa shape index (κ1) is 28.6. The standard InChI is InChI=1S/C31H37N3O4/c1-21(2)18-27(20-29(35)34-38)30(36)33-28(31(37)32-22(3)24-10-6-4-7-11-24)19-23-14-16-26(17-15-23)25-12-8-5-9-13-25/h4-17,21-22,27-28,38H,18-20H2,1-3H3,(H,32,37)(H,33,36)(H,34,35)/t22-,27+,28+/m0/s1. The lowest BCUT2D eigenvalue weighted by atomic mass is 9.92. The Bertz CT molecular complexity index is 1180. The lowest BCUT2D eigenvalue weighted by Gasteiger charge is -2.25. The molecule has 0 saturated carbocycles. The van der Waals surface area contributed by atoms with Gasteiger partial charge in [0.2, 0.25) is 17.7 Å². The van der Waals surface area contributed by atoms with Crippen molar-refractivity contribution in [3.8, 4) is 11.1 Å². The fourth-order valence-electron chi connectivity index (χ4n) is 4.46. The molecule has 7 nitrogen and oxygen atoms in total. The van der Waals surface area contributed by atoms with E-state index in [9.17, 15) is 14.4 Å². The molecular weight excluding hydrogens is 478 g/mol. The van der Waals surface area contributed by atoms with Crippen LogP contribution in [0.25, 0.3) is 11.1 Å². The summed E-state index contributed by atoms with van der Waals surface area (Å²) in [6.07, 6.45) is 0.565. The highest BCUT2D eigenvalue weighted by Gasteiger charge is 2.28. The van der Waals surface area contributed by atoms with Crippen LogP contribution in [0.1, 0.15) is 50.8 Å². The van der Waals surface area contributed by atoms with Crippen LogP contribution < -0.4 is 16.1 Å². The Kier molecular flexibility index (Phi) is 10.6. The summed E-state index contributed by atoms with van der Waals surface area (Å²) in [5.74, 6) is -1.87. The average Bonchev–Trinajstić information content (AvgIpc) is 2.93. The van der Waals surface area contributed by atoms with E-state index in [1.54, 1.807) is 5.48 Å². The number of rotatable bonds is 12. The Morgan fingerprint density at radius 3 is 1.89 bits per heavy atom. The number of benzene rings is 3. The van der Waals surface area contributed by atoms with E-state index in [0.717, 1.165) is 22.3 Å². The minimum absolute atomic E-state index is 0.146. The Morgan fingerprint density at radius 1 is 0.737 bits per heavy atom. The zero-order valence-electron chi connectivity index (χ0n) is 22.2. The second-order valence-electron chi connectivity index (χ2n) is 10.0. The summed E-state index contributed by atoms with van der Waals surface area (Å²) in [6, 6.07) is 26.4. The van der Waals surface area contributed by atoms with E-state index in [2.05, 4.69) is 10.6 Å². The first-order chi connectivity index (χ1) is 18.3. The van der Waals surface area contributed by atoms with E-state index in [4.69, 9.17) is 5.21 Å². The molecule has 0 aromatic heterocycles. The molecule has 3 aromatic rings. The van der Waals surface area contributed by atoms with Gasteiger partial charge in [-0.25, -0.2) is 5.48 Å². The van der Waals surface area contributed by atoms with Crippen molar-refractivity contribution in [2.75, 3.05) is 0 Å². The van der Waals surface area contributed by atoms with Crippen molar-refractivity contribution < 1.29 is 19.6 Å². The molecule has 0 unspecified atom stereocenters. The van der Waals surface area contributed by atoms with Crippen LogP contribution in [0, 0.1) is 11.8 Å². The summed E-state index contributed by atoms with van der Waals surface area (Å²) in [5.41, 5.74) is 5.61. The Labute approximate surface area is 224 Å². The van der Waals surface area contributed by atoms with Crippen molar-refractivity contribution in [2.45, 2.75) is 52.1 Å². The molecule has 0 fully saturated rings. The van der Waals surface area contributed by atoms with Gasteiger partial charge >= 0.3 is 0 Å². The summed E-state index contributed by atoms with van der Waals surface area (Å²) < 4.78 is 0. The van der Waals surface area contributed by atoms with Crippen LogP contribution in [-0.4, -0.2) is 29.0 Å². The topological polar surface area (TPSA) is 108 Å². The molecule has 0 aliphatic rings. The van der Waals surface area contributed by atoms with Crippen molar-refractivity contribution in [3.05, 3.63) is 96.1 Å². The zero-order chi connectivity index (χ0) is 27.5. The van der Waals surface area contributed by atoms with Crippen LogP contribution in [0.15, 0.2) is 84.9 Å². The van der Waals surface area contributed by atoms with Crippen molar-refractivity contribution >= 4 is 17.7 Å². The normalized spacial score (nSPS) is 13.3. The maximum absolute atomic E-state index is 13.4. The van der Waals surface area contributed by atoms with Crippen LogP contribution in [0.4, 0.5) is 0 Å². The lowest BCUT2D eigenvalue weighted by Crippen LogP contribution is -2.50. The number of carbonyl (C=O) groups is 3. The Hall–Kier alpha value is -3.97. The molecule has 0 radical (unpaired) electrons. The van der Waals surface area contributed by atoms with Crippen molar-refractivity contribution in [2.24, 2.45) is 11.8 Å². The van der Waals surface area contributed by atoms with E-state index in [1.165, 1.54) is 0 Å². The molecule has 0 saturated heterocycles. The molecule has 0 bridgehead atoms. The molecule has 38 heavy (non-hydrogen) atoms. The molecule has 0 aliphatic heterocycles. The number of nitrogens with one attached hydrogen (secondary N) is 3. The van der Waals surface area contributed by atoms with Crippen LogP contribution in [0.5, 0.6) is 0 Å². The predicted molar refractivity (Wildman–Crippen MR) is 148 cm³/mol. The van der Waals surface area contributed by atoms with Crippen LogP contribution in [-0.2, 0) is 20.8 Å². The third-order valence-corrected chi connectivity index (χ3v) is 6.48. The average molecular weight is 516 g/mol. The summed E-state index contributed by atoms with van der Waals surface area (Å²) in [7, 11) is 0. The van der Waals surface area contributed by atoms with Crippen LogP contribution in [0.2, 0.25) is 0 Å². The van der Waals surface area contributed by atoms with Crippen molar-refractivity contribution in [1.29, 1.82) is 0 Å². The zero-order valence-corrected chi connectivity index (χ0v) is 22.2. The largest absolute Gasteiger partial charge is 0.348 e. The highest BCUT2D eigenvalue weighted by atomic mass is 16.5. The number of carbonyl (C=O) groups excluding carboxylic acids is 3. The maximum Gasteiger partial charge on any atom is 0.244 e. The minimum Gasteiger partial charge on any atom is -0.348 e. The van der Waals surface area contributed by atoms with Gasteiger partial charge in [-0.2, -0.15) is 0 Å². The molecule has 3 atom stereocenters. The van der Waals surface area contributed by atoms with Crippen molar-refractivity contribution in [1.82, 2.24) is 16.1 Å². The number of hydrogen-bond acceptors (Lipinski definition) is 4. The van der Waals surface area contributed by atoms with E-state index in [-0.39, 0.29) is 30.7 Å². The van der Waals surface area contributed by atoms with Crippen LogP contribution >= 0.6 is 0 Å². The molecule has 3 amide bonds. The Balaban J connectivity index is 1.80. The third kappa shape index (κ3) is 8.56. The minimum atomic E-state index is -0.844. The van der Waals surface area contributed by atoms with Gasteiger partial charge in [-0.3, -0.25) is 19.6 Å².